The highest BCUT2D eigenvalue weighted by Crippen LogP contribution is 2.25. The second kappa shape index (κ2) is 6.00. The first-order chi connectivity index (χ1) is 7.54. The molecular weight excluding hydrogens is 248 g/mol. The monoisotopic (exact) mass is 262 g/mol. The molecule has 0 fully saturated rings. The van der Waals surface area contributed by atoms with E-state index in [1.165, 1.54) is 6.33 Å². The Balaban J connectivity index is 2.80. The lowest BCUT2D eigenvalue weighted by Crippen LogP contribution is -2.23. The summed E-state index contributed by atoms with van der Waals surface area (Å²) in [5.41, 5.74) is 0.651. The molecule has 90 valence electrons. The first-order valence-corrected chi connectivity index (χ1v) is 6.90. The maximum atomic E-state index is 11.1. The number of hydrogen-bond donors (Lipinski definition) is 2. The molecule has 0 bridgehead atoms. The molecule has 0 spiro atoms. The first-order valence-electron chi connectivity index (χ1n) is 4.79. The Kier molecular flexibility index (Phi) is 4.95. The molecule has 0 saturated heterocycles. The second-order valence-corrected chi connectivity index (χ2v) is 5.26. The van der Waals surface area contributed by atoms with Crippen LogP contribution in [0.2, 0.25) is 5.15 Å². The predicted octanol–water partition coefficient (Wildman–Crippen LogP) is 1.35. The van der Waals surface area contributed by atoms with Crippen molar-refractivity contribution in [2.75, 3.05) is 29.7 Å². The number of nitrogens with one attached hydrogen (secondary N) is 2. The minimum atomic E-state index is -0.843. The second-order valence-electron chi connectivity index (χ2n) is 3.42. The van der Waals surface area contributed by atoms with Gasteiger partial charge in [0.2, 0.25) is 0 Å². The van der Waals surface area contributed by atoms with E-state index < -0.39 is 10.8 Å². The van der Waals surface area contributed by atoms with Crippen molar-refractivity contribution in [1.29, 1.82) is 0 Å². The molecule has 0 aliphatic carbocycles. The van der Waals surface area contributed by atoms with Gasteiger partial charge in [-0.25, -0.2) is 9.97 Å². The van der Waals surface area contributed by atoms with Crippen LogP contribution in [0.5, 0.6) is 0 Å². The number of nitrogens with zero attached hydrogens (tertiary/aromatic N) is 2. The molecule has 5 nitrogen and oxygen atoms in total. The summed E-state index contributed by atoms with van der Waals surface area (Å²) in [5.74, 6) is 1.19. The van der Waals surface area contributed by atoms with Crippen molar-refractivity contribution in [3.05, 3.63) is 11.5 Å². The van der Waals surface area contributed by atoms with Crippen molar-refractivity contribution >= 4 is 33.9 Å². The minimum absolute atomic E-state index is 0.0592. The van der Waals surface area contributed by atoms with E-state index in [2.05, 4.69) is 20.6 Å². The summed E-state index contributed by atoms with van der Waals surface area (Å²) < 4.78 is 11.1. The van der Waals surface area contributed by atoms with Gasteiger partial charge in [0.25, 0.3) is 0 Å². The van der Waals surface area contributed by atoms with E-state index in [1.807, 2.05) is 6.92 Å². The van der Waals surface area contributed by atoms with E-state index in [0.29, 0.717) is 22.4 Å². The van der Waals surface area contributed by atoms with Gasteiger partial charge in [-0.2, -0.15) is 0 Å². The molecule has 1 aromatic heterocycles. The van der Waals surface area contributed by atoms with Crippen molar-refractivity contribution < 1.29 is 4.21 Å². The fourth-order valence-electron chi connectivity index (χ4n) is 1.32. The van der Waals surface area contributed by atoms with Crippen molar-refractivity contribution in [3.8, 4) is 0 Å². The lowest BCUT2D eigenvalue weighted by molar-refractivity contribution is 0.683. The van der Waals surface area contributed by atoms with Crippen molar-refractivity contribution in [1.82, 2.24) is 9.97 Å². The summed E-state index contributed by atoms with van der Waals surface area (Å²) in [6.07, 6.45) is 3.06. The number of anilines is 2. The lowest BCUT2D eigenvalue weighted by Gasteiger charge is -2.16. The van der Waals surface area contributed by atoms with Crippen LogP contribution in [0.1, 0.15) is 6.92 Å². The van der Waals surface area contributed by atoms with Crippen LogP contribution in [-0.2, 0) is 10.8 Å². The number of aromatic nitrogens is 2. The van der Waals surface area contributed by atoms with Crippen molar-refractivity contribution in [2.24, 2.45) is 0 Å². The van der Waals surface area contributed by atoms with E-state index >= 15 is 0 Å². The predicted molar refractivity (Wildman–Crippen MR) is 68.6 cm³/mol. The van der Waals surface area contributed by atoms with Gasteiger partial charge in [0.05, 0.1) is 0 Å². The smallest absolute Gasteiger partial charge is 0.157 e. The SMILES string of the molecule is CNc1c(Cl)ncnc1NC(C)CS(C)=O. The van der Waals surface area contributed by atoms with Gasteiger partial charge in [-0.3, -0.25) is 4.21 Å². The molecule has 1 rings (SSSR count). The summed E-state index contributed by atoms with van der Waals surface area (Å²) in [6, 6.07) is 0.0592. The minimum Gasteiger partial charge on any atom is -0.383 e. The zero-order valence-corrected chi connectivity index (χ0v) is 11.0. The highest BCUT2D eigenvalue weighted by atomic mass is 35.5. The van der Waals surface area contributed by atoms with E-state index in [1.54, 1.807) is 13.3 Å². The van der Waals surface area contributed by atoms with E-state index in [9.17, 15) is 4.21 Å². The van der Waals surface area contributed by atoms with Crippen LogP contribution in [0.4, 0.5) is 11.5 Å². The molecule has 16 heavy (non-hydrogen) atoms. The van der Waals surface area contributed by atoms with Crippen LogP contribution in [0.3, 0.4) is 0 Å². The average molecular weight is 263 g/mol. The van der Waals surface area contributed by atoms with Gasteiger partial charge in [0, 0.05) is 35.9 Å². The van der Waals surface area contributed by atoms with Crippen LogP contribution in [0.25, 0.3) is 0 Å². The van der Waals surface area contributed by atoms with Gasteiger partial charge in [-0.05, 0) is 6.92 Å². The summed E-state index contributed by atoms with van der Waals surface area (Å²) in [4.78, 5) is 7.96. The third kappa shape index (κ3) is 3.61. The Morgan fingerprint density at radius 3 is 2.81 bits per heavy atom. The van der Waals surface area contributed by atoms with Gasteiger partial charge in [-0.15, -0.1) is 0 Å². The molecule has 2 N–H and O–H groups in total. The molecule has 0 aliphatic rings. The molecule has 1 heterocycles. The fraction of sp³-hybridized carbons (Fsp3) is 0.556. The standard InChI is InChI=1S/C9H15ClN4OS/c1-6(4-16(3)15)14-9-7(11-2)8(10)12-5-13-9/h5-6,11H,4H2,1-3H3,(H,12,13,14). The molecule has 7 heteroatoms. The average Bonchev–Trinajstić information content (AvgIpc) is 2.16. The quantitative estimate of drug-likeness (QED) is 0.784. The molecular formula is C9H15ClN4OS. The van der Waals surface area contributed by atoms with E-state index in [0.717, 1.165) is 0 Å². The third-order valence-electron chi connectivity index (χ3n) is 1.92. The Bertz CT molecular complexity index is 388. The molecule has 1 aromatic rings. The lowest BCUT2D eigenvalue weighted by atomic mass is 10.3. The van der Waals surface area contributed by atoms with Gasteiger partial charge in [-0.1, -0.05) is 11.6 Å². The molecule has 0 aliphatic heterocycles. The normalized spacial score (nSPS) is 14.2. The van der Waals surface area contributed by atoms with Crippen molar-refractivity contribution in [3.63, 3.8) is 0 Å². The summed E-state index contributed by atoms with van der Waals surface area (Å²) in [5, 5.41) is 6.44. The molecule has 0 saturated carbocycles. The third-order valence-corrected chi connectivity index (χ3v) is 3.17. The Hall–Kier alpha value is -0.880. The maximum absolute atomic E-state index is 11.1. The summed E-state index contributed by atoms with van der Waals surface area (Å²) >= 11 is 5.91. The molecule has 0 radical (unpaired) electrons. The van der Waals surface area contributed by atoms with Gasteiger partial charge in [0.1, 0.15) is 12.0 Å². The van der Waals surface area contributed by atoms with Gasteiger partial charge >= 0.3 is 0 Å². The highest BCUT2D eigenvalue weighted by molar-refractivity contribution is 7.84. The molecule has 0 amide bonds. The van der Waals surface area contributed by atoms with Gasteiger partial charge in [0.15, 0.2) is 11.0 Å². The van der Waals surface area contributed by atoms with Gasteiger partial charge < -0.3 is 10.6 Å². The van der Waals surface area contributed by atoms with Crippen LogP contribution >= 0.6 is 11.6 Å². The number of hydrogen-bond acceptors (Lipinski definition) is 5. The summed E-state index contributed by atoms with van der Waals surface area (Å²) in [7, 11) is 0.906. The summed E-state index contributed by atoms with van der Waals surface area (Å²) in [6.45, 7) is 1.94. The largest absolute Gasteiger partial charge is 0.383 e. The number of rotatable bonds is 5. The van der Waals surface area contributed by atoms with E-state index in [4.69, 9.17) is 11.6 Å². The van der Waals surface area contributed by atoms with Crippen LogP contribution in [0, 0.1) is 0 Å². The molecule has 2 atom stereocenters. The van der Waals surface area contributed by atoms with Crippen molar-refractivity contribution in [2.45, 2.75) is 13.0 Å². The maximum Gasteiger partial charge on any atom is 0.157 e. The van der Waals surface area contributed by atoms with Crippen LogP contribution < -0.4 is 10.6 Å². The molecule has 0 aromatic carbocycles. The zero-order valence-electron chi connectivity index (χ0n) is 9.45. The Labute approximate surface area is 102 Å². The fourth-order valence-corrected chi connectivity index (χ4v) is 2.34. The zero-order chi connectivity index (χ0) is 12.1. The Morgan fingerprint density at radius 1 is 1.56 bits per heavy atom. The Morgan fingerprint density at radius 2 is 2.25 bits per heavy atom. The van der Waals surface area contributed by atoms with E-state index in [-0.39, 0.29) is 6.04 Å². The molecule has 2 unspecified atom stereocenters. The van der Waals surface area contributed by atoms with Crippen LogP contribution in [-0.4, -0.2) is 39.3 Å². The number of halogens is 1. The van der Waals surface area contributed by atoms with Crippen LogP contribution in [0.15, 0.2) is 6.33 Å². The highest BCUT2D eigenvalue weighted by Gasteiger charge is 2.11. The topological polar surface area (TPSA) is 66.9 Å². The first kappa shape index (κ1) is 13.2.